The maximum Gasteiger partial charge on any atom is 0.393 e. The van der Waals surface area contributed by atoms with E-state index in [1.165, 1.54) is 7.11 Å². The molecule has 1 heterocycles. The highest BCUT2D eigenvalue weighted by Gasteiger charge is 2.41. The Hall–Kier alpha value is -0.290. The second kappa shape index (κ2) is 3.62. The minimum atomic E-state index is -4.06. The van der Waals surface area contributed by atoms with Crippen molar-refractivity contribution in [2.75, 3.05) is 13.7 Å². The van der Waals surface area contributed by atoms with E-state index in [1.54, 1.807) is 0 Å². The average molecular weight is 183 g/mol. The molecule has 0 aromatic heterocycles. The number of alkyl halides is 3. The number of halogens is 3. The van der Waals surface area contributed by atoms with Crippen molar-refractivity contribution in [1.29, 1.82) is 0 Å². The summed E-state index contributed by atoms with van der Waals surface area (Å²) in [6.45, 7) is -0.0258. The first-order chi connectivity index (χ1) is 5.54. The van der Waals surface area contributed by atoms with E-state index in [0.717, 1.165) is 0 Å². The van der Waals surface area contributed by atoms with Crippen LogP contribution in [0, 0.1) is 5.92 Å². The van der Waals surface area contributed by atoms with E-state index in [4.69, 9.17) is 4.74 Å². The Kier molecular flexibility index (Phi) is 2.95. The minimum absolute atomic E-state index is 0.0258. The highest BCUT2D eigenvalue weighted by molar-refractivity contribution is 4.77. The zero-order valence-electron chi connectivity index (χ0n) is 6.82. The quantitative estimate of drug-likeness (QED) is 0.665. The summed E-state index contributed by atoms with van der Waals surface area (Å²) < 4.78 is 41.1. The van der Waals surface area contributed by atoms with Gasteiger partial charge in [-0.05, 0) is 12.8 Å². The van der Waals surface area contributed by atoms with Crippen LogP contribution in [-0.2, 0) is 4.74 Å². The van der Waals surface area contributed by atoms with Crippen molar-refractivity contribution in [3.8, 4) is 0 Å². The smallest absolute Gasteiger partial charge is 0.367 e. The maximum absolute atomic E-state index is 12.1. The summed E-state index contributed by atoms with van der Waals surface area (Å²) in [5.74, 6) is -1.20. The third kappa shape index (κ3) is 2.35. The van der Waals surface area contributed by atoms with E-state index in [2.05, 4.69) is 5.32 Å². The first-order valence-electron chi connectivity index (χ1n) is 3.87. The molecule has 0 aromatic carbocycles. The van der Waals surface area contributed by atoms with Crippen LogP contribution < -0.4 is 5.32 Å². The number of rotatable bonds is 1. The lowest BCUT2D eigenvalue weighted by atomic mass is 9.98. The number of hydrogen-bond donors (Lipinski definition) is 1. The summed E-state index contributed by atoms with van der Waals surface area (Å²) in [6.07, 6.45) is -3.68. The average Bonchev–Trinajstić information content (AvgIpc) is 2.03. The third-order valence-electron chi connectivity index (χ3n) is 2.12. The molecule has 72 valence electrons. The van der Waals surface area contributed by atoms with Crippen LogP contribution in [0.1, 0.15) is 12.8 Å². The predicted molar refractivity (Wildman–Crippen MR) is 37.6 cm³/mol. The number of nitrogens with one attached hydrogen (secondary N) is 1. The van der Waals surface area contributed by atoms with Gasteiger partial charge in [0.1, 0.15) is 6.23 Å². The Morgan fingerprint density at radius 2 is 2.00 bits per heavy atom. The lowest BCUT2D eigenvalue weighted by Gasteiger charge is -2.29. The highest BCUT2D eigenvalue weighted by atomic mass is 19.4. The SMILES string of the molecule is COC1CCC(C(F)(F)F)CN1. The summed E-state index contributed by atoms with van der Waals surface area (Å²) in [5.41, 5.74) is 0. The van der Waals surface area contributed by atoms with Gasteiger partial charge in [-0.2, -0.15) is 13.2 Å². The molecule has 1 N–H and O–H groups in total. The molecule has 0 aromatic rings. The lowest BCUT2D eigenvalue weighted by molar-refractivity contribution is -0.184. The van der Waals surface area contributed by atoms with Crippen molar-refractivity contribution in [1.82, 2.24) is 5.32 Å². The first-order valence-corrected chi connectivity index (χ1v) is 3.87. The van der Waals surface area contributed by atoms with E-state index in [0.29, 0.717) is 6.42 Å². The molecular formula is C7H12F3NO. The zero-order valence-corrected chi connectivity index (χ0v) is 6.82. The Balaban J connectivity index is 2.36. The fraction of sp³-hybridized carbons (Fsp3) is 1.00. The van der Waals surface area contributed by atoms with Gasteiger partial charge in [0.25, 0.3) is 0 Å². The Morgan fingerprint density at radius 3 is 2.33 bits per heavy atom. The Labute approximate surface area is 69.1 Å². The van der Waals surface area contributed by atoms with E-state index < -0.39 is 12.1 Å². The van der Waals surface area contributed by atoms with Crippen LogP contribution in [0.25, 0.3) is 0 Å². The molecule has 1 aliphatic rings. The minimum Gasteiger partial charge on any atom is -0.367 e. The molecule has 2 unspecified atom stereocenters. The Morgan fingerprint density at radius 1 is 1.33 bits per heavy atom. The van der Waals surface area contributed by atoms with Gasteiger partial charge in [-0.3, -0.25) is 5.32 Å². The predicted octanol–water partition coefficient (Wildman–Crippen LogP) is 1.52. The summed E-state index contributed by atoms with van der Waals surface area (Å²) in [6, 6.07) is 0. The topological polar surface area (TPSA) is 21.3 Å². The molecule has 1 fully saturated rings. The van der Waals surface area contributed by atoms with Crippen LogP contribution >= 0.6 is 0 Å². The van der Waals surface area contributed by atoms with E-state index in [-0.39, 0.29) is 19.2 Å². The molecule has 1 saturated heterocycles. The molecule has 5 heteroatoms. The van der Waals surface area contributed by atoms with Crippen LogP contribution in [0.15, 0.2) is 0 Å². The van der Waals surface area contributed by atoms with Gasteiger partial charge < -0.3 is 4.74 Å². The van der Waals surface area contributed by atoms with Crippen molar-refractivity contribution < 1.29 is 17.9 Å². The van der Waals surface area contributed by atoms with Gasteiger partial charge in [-0.25, -0.2) is 0 Å². The lowest BCUT2D eigenvalue weighted by Crippen LogP contribution is -2.44. The molecule has 2 nitrogen and oxygen atoms in total. The summed E-state index contributed by atoms with van der Waals surface area (Å²) >= 11 is 0. The normalized spacial score (nSPS) is 32.0. The van der Waals surface area contributed by atoms with Gasteiger partial charge in [0.2, 0.25) is 0 Å². The number of hydrogen-bond acceptors (Lipinski definition) is 2. The summed E-state index contributed by atoms with van der Waals surface area (Å²) in [7, 11) is 1.49. The van der Waals surface area contributed by atoms with Crippen molar-refractivity contribution in [2.24, 2.45) is 5.92 Å². The van der Waals surface area contributed by atoms with Gasteiger partial charge in [0.15, 0.2) is 0 Å². The molecule has 0 radical (unpaired) electrons. The molecule has 0 spiro atoms. The van der Waals surface area contributed by atoms with Gasteiger partial charge in [0, 0.05) is 13.7 Å². The van der Waals surface area contributed by atoms with Crippen LogP contribution in [0.4, 0.5) is 13.2 Å². The van der Waals surface area contributed by atoms with Gasteiger partial charge >= 0.3 is 6.18 Å². The van der Waals surface area contributed by atoms with Crippen molar-refractivity contribution in [3.05, 3.63) is 0 Å². The molecule has 0 saturated carbocycles. The first kappa shape index (κ1) is 9.80. The summed E-state index contributed by atoms with van der Waals surface area (Å²) in [5, 5.41) is 2.68. The second-order valence-corrected chi connectivity index (χ2v) is 2.95. The number of piperidine rings is 1. The van der Waals surface area contributed by atoms with Gasteiger partial charge in [-0.1, -0.05) is 0 Å². The van der Waals surface area contributed by atoms with Gasteiger partial charge in [0.05, 0.1) is 5.92 Å². The molecule has 1 aliphatic heterocycles. The molecule has 0 amide bonds. The summed E-state index contributed by atoms with van der Waals surface area (Å²) in [4.78, 5) is 0. The third-order valence-corrected chi connectivity index (χ3v) is 2.12. The van der Waals surface area contributed by atoms with E-state index >= 15 is 0 Å². The number of ether oxygens (including phenoxy) is 1. The van der Waals surface area contributed by atoms with Crippen LogP contribution in [-0.4, -0.2) is 26.1 Å². The fourth-order valence-corrected chi connectivity index (χ4v) is 1.31. The Bertz CT molecular complexity index is 140. The second-order valence-electron chi connectivity index (χ2n) is 2.95. The van der Waals surface area contributed by atoms with Crippen molar-refractivity contribution in [2.45, 2.75) is 25.2 Å². The fourth-order valence-electron chi connectivity index (χ4n) is 1.31. The van der Waals surface area contributed by atoms with Crippen LogP contribution in [0.5, 0.6) is 0 Å². The molecule has 0 aliphatic carbocycles. The zero-order chi connectivity index (χ0) is 9.19. The van der Waals surface area contributed by atoms with Crippen LogP contribution in [0.3, 0.4) is 0 Å². The van der Waals surface area contributed by atoms with Crippen LogP contribution in [0.2, 0.25) is 0 Å². The van der Waals surface area contributed by atoms with E-state index in [9.17, 15) is 13.2 Å². The van der Waals surface area contributed by atoms with Crippen molar-refractivity contribution in [3.63, 3.8) is 0 Å². The maximum atomic E-state index is 12.1. The molecule has 12 heavy (non-hydrogen) atoms. The highest BCUT2D eigenvalue weighted by Crippen LogP contribution is 2.31. The monoisotopic (exact) mass is 183 g/mol. The molecule has 0 bridgehead atoms. The largest absolute Gasteiger partial charge is 0.393 e. The number of methoxy groups -OCH3 is 1. The molecule has 2 atom stereocenters. The molecule has 1 rings (SSSR count). The van der Waals surface area contributed by atoms with Gasteiger partial charge in [-0.15, -0.1) is 0 Å². The van der Waals surface area contributed by atoms with E-state index in [1.807, 2.05) is 0 Å². The van der Waals surface area contributed by atoms with Crippen molar-refractivity contribution >= 4 is 0 Å². The standard InChI is InChI=1S/C7H12F3NO/c1-12-6-3-2-5(4-11-6)7(8,9)10/h5-6,11H,2-4H2,1H3. The molecular weight excluding hydrogens is 171 g/mol.